The maximum Gasteiger partial charge on any atom is 0.257 e. The van der Waals surface area contributed by atoms with E-state index >= 15 is 0 Å². The Morgan fingerprint density at radius 3 is 2.83 bits per heavy atom. The summed E-state index contributed by atoms with van der Waals surface area (Å²) in [4.78, 5) is 16.3. The Labute approximate surface area is 142 Å². The molecule has 1 aliphatic heterocycles. The van der Waals surface area contributed by atoms with Gasteiger partial charge in [-0.15, -0.1) is 0 Å². The summed E-state index contributed by atoms with van der Waals surface area (Å²) in [6, 6.07) is 10.2. The number of aliphatic hydroxyl groups is 1. The van der Waals surface area contributed by atoms with Crippen LogP contribution in [0.25, 0.3) is 0 Å². The lowest BCUT2D eigenvalue weighted by molar-refractivity contribution is 0.0170. The van der Waals surface area contributed by atoms with Crippen LogP contribution < -0.4 is 0 Å². The molecular weight excluding hydrogens is 304 g/mol. The fraction of sp³-hybridized carbons (Fsp3) is 0.444. The van der Waals surface area contributed by atoms with Crippen LogP contribution in [-0.2, 0) is 6.54 Å². The van der Waals surface area contributed by atoms with Gasteiger partial charge in [0.25, 0.3) is 5.91 Å². The van der Waals surface area contributed by atoms with E-state index < -0.39 is 5.60 Å². The van der Waals surface area contributed by atoms with Crippen LogP contribution in [0.4, 0.5) is 0 Å². The summed E-state index contributed by atoms with van der Waals surface area (Å²) in [5.41, 5.74) is 1.67. The van der Waals surface area contributed by atoms with Crippen LogP contribution >= 0.6 is 0 Å². The average Bonchev–Trinajstić information content (AvgIpc) is 3.13. The van der Waals surface area contributed by atoms with Gasteiger partial charge < -0.3 is 10.0 Å². The predicted molar refractivity (Wildman–Crippen MR) is 91.6 cm³/mol. The molecule has 1 saturated heterocycles. The minimum Gasteiger partial charge on any atom is -0.387 e. The molecule has 1 aromatic carbocycles. The molecule has 1 aliphatic rings. The van der Waals surface area contributed by atoms with Crippen LogP contribution in [0.15, 0.2) is 36.5 Å². The molecule has 2 N–H and O–H groups in total. The maximum absolute atomic E-state index is 12.5. The molecule has 1 aromatic heterocycles. The molecule has 6 heteroatoms. The van der Waals surface area contributed by atoms with E-state index in [0.29, 0.717) is 25.1 Å². The molecule has 0 spiro atoms. The van der Waals surface area contributed by atoms with Crippen LogP contribution in [0, 0.1) is 6.92 Å². The van der Waals surface area contributed by atoms with Crippen molar-refractivity contribution < 1.29 is 9.90 Å². The van der Waals surface area contributed by atoms with Gasteiger partial charge in [0.15, 0.2) is 0 Å². The van der Waals surface area contributed by atoms with E-state index in [1.54, 1.807) is 11.9 Å². The molecular formula is C18H24N4O2. The van der Waals surface area contributed by atoms with Gasteiger partial charge >= 0.3 is 0 Å². The third kappa shape index (κ3) is 3.66. The molecule has 1 atom stereocenters. The number of aryl methyl sites for hydroxylation is 1. The fourth-order valence-electron chi connectivity index (χ4n) is 3.33. The second-order valence-electron chi connectivity index (χ2n) is 6.74. The Balaban J connectivity index is 1.59. The van der Waals surface area contributed by atoms with Crippen molar-refractivity contribution >= 4 is 5.91 Å². The van der Waals surface area contributed by atoms with Crippen LogP contribution in [0.2, 0.25) is 0 Å². The zero-order valence-electron chi connectivity index (χ0n) is 14.2. The second-order valence-corrected chi connectivity index (χ2v) is 6.74. The van der Waals surface area contributed by atoms with E-state index in [2.05, 4.69) is 27.2 Å². The Hall–Kier alpha value is -2.18. The van der Waals surface area contributed by atoms with Gasteiger partial charge in [-0.3, -0.25) is 14.8 Å². The highest BCUT2D eigenvalue weighted by atomic mass is 16.3. The molecule has 24 heavy (non-hydrogen) atoms. The highest BCUT2D eigenvalue weighted by molar-refractivity contribution is 5.94. The van der Waals surface area contributed by atoms with Crippen molar-refractivity contribution in [2.24, 2.45) is 0 Å². The monoisotopic (exact) mass is 328 g/mol. The third-order valence-electron chi connectivity index (χ3n) is 4.60. The minimum absolute atomic E-state index is 0.115. The van der Waals surface area contributed by atoms with Gasteiger partial charge in [0.1, 0.15) is 0 Å². The molecule has 2 heterocycles. The lowest BCUT2D eigenvalue weighted by Crippen LogP contribution is -2.45. The molecule has 0 bridgehead atoms. The zero-order chi connectivity index (χ0) is 17.2. The SMILES string of the molecule is Cc1[nH]ncc1C(=O)N(C)CC1(O)CCN(Cc2ccccc2)C1. The van der Waals surface area contributed by atoms with Crippen molar-refractivity contribution in [2.45, 2.75) is 25.5 Å². The van der Waals surface area contributed by atoms with Crippen LogP contribution in [0.5, 0.6) is 0 Å². The van der Waals surface area contributed by atoms with Gasteiger partial charge in [0.2, 0.25) is 0 Å². The topological polar surface area (TPSA) is 72.5 Å². The first-order chi connectivity index (χ1) is 11.5. The molecule has 1 fully saturated rings. The normalized spacial score (nSPS) is 21.1. The van der Waals surface area contributed by atoms with Gasteiger partial charge in [-0.1, -0.05) is 30.3 Å². The summed E-state index contributed by atoms with van der Waals surface area (Å²) >= 11 is 0. The van der Waals surface area contributed by atoms with Crippen molar-refractivity contribution in [1.82, 2.24) is 20.0 Å². The summed E-state index contributed by atoms with van der Waals surface area (Å²) in [5, 5.41) is 17.5. The Morgan fingerprint density at radius 1 is 1.42 bits per heavy atom. The van der Waals surface area contributed by atoms with Gasteiger partial charge in [0.05, 0.1) is 23.9 Å². The number of nitrogens with one attached hydrogen (secondary N) is 1. The number of carbonyl (C=O) groups excluding carboxylic acids is 1. The number of benzene rings is 1. The molecule has 1 amide bonds. The highest BCUT2D eigenvalue weighted by Gasteiger charge is 2.38. The summed E-state index contributed by atoms with van der Waals surface area (Å²) < 4.78 is 0. The van der Waals surface area contributed by atoms with E-state index in [9.17, 15) is 9.90 Å². The summed E-state index contributed by atoms with van der Waals surface area (Å²) in [6.07, 6.45) is 2.20. The largest absolute Gasteiger partial charge is 0.387 e. The van der Waals surface area contributed by atoms with Gasteiger partial charge in [-0.05, 0) is 18.9 Å². The number of H-pyrrole nitrogens is 1. The van der Waals surface area contributed by atoms with Crippen molar-refractivity contribution in [3.63, 3.8) is 0 Å². The Morgan fingerprint density at radius 2 is 2.17 bits per heavy atom. The molecule has 128 valence electrons. The molecule has 0 aliphatic carbocycles. The van der Waals surface area contributed by atoms with Crippen molar-refractivity contribution in [3.8, 4) is 0 Å². The van der Waals surface area contributed by atoms with E-state index in [1.807, 2.05) is 25.1 Å². The minimum atomic E-state index is -0.864. The smallest absolute Gasteiger partial charge is 0.257 e. The van der Waals surface area contributed by atoms with E-state index in [1.165, 1.54) is 11.8 Å². The molecule has 2 aromatic rings. The number of nitrogens with zero attached hydrogens (tertiary/aromatic N) is 3. The molecule has 3 rings (SSSR count). The first-order valence-electron chi connectivity index (χ1n) is 8.21. The van der Waals surface area contributed by atoms with Gasteiger partial charge in [-0.25, -0.2) is 0 Å². The lowest BCUT2D eigenvalue weighted by atomic mass is 10.0. The lowest BCUT2D eigenvalue weighted by Gasteiger charge is -2.29. The molecule has 0 radical (unpaired) electrons. The maximum atomic E-state index is 12.5. The van der Waals surface area contributed by atoms with Crippen molar-refractivity contribution in [3.05, 3.63) is 53.3 Å². The van der Waals surface area contributed by atoms with E-state index in [0.717, 1.165) is 18.8 Å². The number of carbonyl (C=O) groups is 1. The van der Waals surface area contributed by atoms with Crippen molar-refractivity contribution in [2.75, 3.05) is 26.7 Å². The standard InChI is InChI=1S/C18H24N4O2/c1-14-16(10-19-20-14)17(23)21(2)12-18(24)8-9-22(13-18)11-15-6-4-3-5-7-15/h3-7,10,24H,8-9,11-13H2,1-2H3,(H,19,20). The van der Waals surface area contributed by atoms with Crippen molar-refractivity contribution in [1.29, 1.82) is 0 Å². The van der Waals surface area contributed by atoms with Crippen LogP contribution in [-0.4, -0.2) is 63.3 Å². The number of rotatable bonds is 5. The molecule has 0 saturated carbocycles. The zero-order valence-corrected chi connectivity index (χ0v) is 14.2. The second kappa shape index (κ2) is 6.75. The number of amides is 1. The summed E-state index contributed by atoms with van der Waals surface area (Å²) in [6.45, 7) is 4.37. The molecule has 6 nitrogen and oxygen atoms in total. The first-order valence-corrected chi connectivity index (χ1v) is 8.21. The number of likely N-dealkylation sites (tertiary alicyclic amines) is 1. The van der Waals surface area contributed by atoms with Crippen LogP contribution in [0.3, 0.4) is 0 Å². The Kier molecular flexibility index (Phi) is 4.69. The van der Waals surface area contributed by atoms with Gasteiger partial charge in [-0.2, -0.15) is 5.10 Å². The number of aromatic nitrogens is 2. The fourth-order valence-corrected chi connectivity index (χ4v) is 3.33. The van der Waals surface area contributed by atoms with E-state index in [4.69, 9.17) is 0 Å². The highest BCUT2D eigenvalue weighted by Crippen LogP contribution is 2.24. The van der Waals surface area contributed by atoms with Crippen LogP contribution in [0.1, 0.15) is 28.0 Å². The van der Waals surface area contributed by atoms with Gasteiger partial charge in [0, 0.05) is 32.4 Å². The van der Waals surface area contributed by atoms with E-state index in [-0.39, 0.29) is 5.91 Å². The number of hydrogen-bond acceptors (Lipinski definition) is 4. The Bertz CT molecular complexity index is 700. The number of β-amino-alcohol motifs (C(OH)–C–C–N with tert-alkyl or cyclic N) is 1. The summed E-state index contributed by atoms with van der Waals surface area (Å²) in [7, 11) is 1.73. The number of hydrogen-bond donors (Lipinski definition) is 2. The number of aromatic amines is 1. The molecule has 1 unspecified atom stereocenters. The summed E-state index contributed by atoms with van der Waals surface area (Å²) in [5.74, 6) is -0.115. The predicted octanol–water partition coefficient (Wildman–Crippen LogP) is 1.43. The quantitative estimate of drug-likeness (QED) is 0.871. The average molecular weight is 328 g/mol. The number of likely N-dealkylation sites (N-methyl/N-ethyl adjacent to an activating group) is 1. The first kappa shape index (κ1) is 16.7. The third-order valence-corrected chi connectivity index (χ3v) is 4.60.